The second-order valence-electron chi connectivity index (χ2n) is 6.54. The van der Waals surface area contributed by atoms with E-state index in [1.54, 1.807) is 30.3 Å². The Balaban J connectivity index is 1.73. The van der Waals surface area contributed by atoms with Gasteiger partial charge in [0, 0.05) is 5.56 Å². The molecule has 156 valence electrons. The predicted molar refractivity (Wildman–Crippen MR) is 106 cm³/mol. The van der Waals surface area contributed by atoms with Crippen molar-refractivity contribution in [3.8, 4) is 11.3 Å². The maximum atomic E-state index is 13.6. The van der Waals surface area contributed by atoms with E-state index in [-0.39, 0.29) is 17.0 Å². The summed E-state index contributed by atoms with van der Waals surface area (Å²) in [6.07, 6.45) is -3.93. The highest BCUT2D eigenvalue weighted by Gasteiger charge is 2.47. The van der Waals surface area contributed by atoms with E-state index in [2.05, 4.69) is 5.10 Å². The van der Waals surface area contributed by atoms with Crippen LogP contribution in [0.5, 0.6) is 0 Å². The summed E-state index contributed by atoms with van der Waals surface area (Å²) in [5.41, 5.74) is -1.66. The number of carboxylic acids is 1. The van der Waals surface area contributed by atoms with Crippen LogP contribution in [0.2, 0.25) is 0 Å². The van der Waals surface area contributed by atoms with Gasteiger partial charge in [-0.05, 0) is 36.4 Å². The third-order valence-electron chi connectivity index (χ3n) is 4.46. The number of carbonyl (C=O) groups excluding carboxylic acids is 1. The first kappa shape index (κ1) is 20.1. The molecule has 1 amide bonds. The van der Waals surface area contributed by atoms with Crippen LogP contribution >= 0.6 is 0 Å². The molecule has 0 atom stereocenters. The van der Waals surface area contributed by atoms with E-state index in [9.17, 15) is 22.8 Å². The summed E-state index contributed by atoms with van der Waals surface area (Å²) in [6, 6.07) is 16.9. The average molecular weight is 426 g/mol. The first-order chi connectivity index (χ1) is 14.7. The van der Waals surface area contributed by atoms with Gasteiger partial charge >= 0.3 is 12.1 Å². The Kier molecular flexibility index (Phi) is 4.94. The lowest BCUT2D eigenvalue weighted by Crippen LogP contribution is -2.25. The molecule has 0 aliphatic carbocycles. The topological polar surface area (TPSA) is 83.1 Å². The number of hydrogen-bond acceptors (Lipinski definition) is 4. The number of carboxylic acid groups (broad SMARTS) is 1. The zero-order valence-electron chi connectivity index (χ0n) is 15.6. The molecule has 1 aromatic heterocycles. The summed E-state index contributed by atoms with van der Waals surface area (Å²) in [5, 5.41) is 13.1. The third-order valence-corrected chi connectivity index (χ3v) is 4.46. The molecular formula is C22H13F3N2O4. The lowest BCUT2D eigenvalue weighted by Gasteiger charge is -2.11. The zero-order chi connectivity index (χ0) is 22.2. The van der Waals surface area contributed by atoms with Crippen LogP contribution in [0.25, 0.3) is 17.4 Å². The Hall–Kier alpha value is -4.14. The van der Waals surface area contributed by atoms with Crippen LogP contribution in [-0.4, -0.2) is 28.9 Å². The molecule has 0 unspecified atom stereocenters. The molecule has 1 aliphatic heterocycles. The summed E-state index contributed by atoms with van der Waals surface area (Å²) in [6.45, 7) is 0. The van der Waals surface area contributed by atoms with Gasteiger partial charge in [-0.1, -0.05) is 36.4 Å². The monoisotopic (exact) mass is 426 g/mol. The number of nitrogens with zero attached hydrogens (tertiary/aromatic N) is 2. The van der Waals surface area contributed by atoms with Crippen LogP contribution in [0, 0.1) is 0 Å². The molecule has 9 heteroatoms. The fourth-order valence-electron chi connectivity index (χ4n) is 3.03. The van der Waals surface area contributed by atoms with E-state index < -0.39 is 29.3 Å². The highest BCUT2D eigenvalue weighted by atomic mass is 19.4. The fraction of sp³-hybridized carbons (Fsp3) is 0.0455. The van der Waals surface area contributed by atoms with Gasteiger partial charge in [0.1, 0.15) is 11.5 Å². The highest BCUT2D eigenvalue weighted by Crippen LogP contribution is 2.33. The maximum Gasteiger partial charge on any atom is 0.435 e. The van der Waals surface area contributed by atoms with E-state index >= 15 is 0 Å². The summed E-state index contributed by atoms with van der Waals surface area (Å²) in [7, 11) is 0. The molecule has 0 radical (unpaired) electrons. The lowest BCUT2D eigenvalue weighted by molar-refractivity contribution is -0.114. The molecule has 0 saturated heterocycles. The minimum atomic E-state index is -4.91. The minimum absolute atomic E-state index is 0.0419. The third kappa shape index (κ3) is 3.97. The number of carbonyl (C=O) groups is 2. The smallest absolute Gasteiger partial charge is 0.435 e. The second kappa shape index (κ2) is 7.60. The van der Waals surface area contributed by atoms with Crippen molar-refractivity contribution in [3.63, 3.8) is 0 Å². The molecule has 1 N–H and O–H groups in total. The average Bonchev–Trinajstić information content (AvgIpc) is 3.34. The van der Waals surface area contributed by atoms with Gasteiger partial charge in [0.05, 0.1) is 16.8 Å². The second-order valence-corrected chi connectivity index (χ2v) is 6.54. The molecule has 0 spiro atoms. The summed E-state index contributed by atoms with van der Waals surface area (Å²) < 4.78 is 46.3. The molecule has 3 aromatic rings. The number of hydrazone groups is 1. The summed E-state index contributed by atoms with van der Waals surface area (Å²) in [4.78, 5) is 23.9. The first-order valence-electron chi connectivity index (χ1n) is 8.95. The van der Waals surface area contributed by atoms with E-state index in [0.717, 1.165) is 17.7 Å². The number of furan rings is 1. The molecule has 31 heavy (non-hydrogen) atoms. The minimum Gasteiger partial charge on any atom is -0.478 e. The van der Waals surface area contributed by atoms with E-state index in [1.165, 1.54) is 24.3 Å². The number of alkyl halides is 3. The van der Waals surface area contributed by atoms with Gasteiger partial charge in [-0.2, -0.15) is 23.3 Å². The number of hydrogen-bond donors (Lipinski definition) is 1. The molecule has 2 heterocycles. The van der Waals surface area contributed by atoms with E-state index in [4.69, 9.17) is 9.52 Å². The van der Waals surface area contributed by atoms with Gasteiger partial charge in [-0.15, -0.1) is 0 Å². The van der Waals surface area contributed by atoms with Gasteiger partial charge < -0.3 is 9.52 Å². The Morgan fingerprint density at radius 1 is 1.03 bits per heavy atom. The number of benzene rings is 2. The van der Waals surface area contributed by atoms with Crippen molar-refractivity contribution in [2.24, 2.45) is 5.10 Å². The van der Waals surface area contributed by atoms with Gasteiger partial charge in [0.2, 0.25) is 0 Å². The Morgan fingerprint density at radius 2 is 1.77 bits per heavy atom. The molecule has 2 aromatic carbocycles. The largest absolute Gasteiger partial charge is 0.478 e. The van der Waals surface area contributed by atoms with Gasteiger partial charge in [-0.3, -0.25) is 4.79 Å². The Morgan fingerprint density at radius 3 is 2.45 bits per heavy atom. The molecule has 4 rings (SSSR count). The Labute approximate surface area is 173 Å². The first-order valence-corrected chi connectivity index (χ1v) is 8.95. The van der Waals surface area contributed by atoms with Crippen LogP contribution in [-0.2, 0) is 4.79 Å². The molecule has 1 aliphatic rings. The van der Waals surface area contributed by atoms with Crippen molar-refractivity contribution in [1.82, 2.24) is 0 Å². The van der Waals surface area contributed by atoms with Crippen molar-refractivity contribution in [2.45, 2.75) is 6.18 Å². The van der Waals surface area contributed by atoms with Gasteiger partial charge in [0.25, 0.3) is 5.91 Å². The van der Waals surface area contributed by atoms with Crippen molar-refractivity contribution >= 4 is 29.4 Å². The molecule has 0 saturated carbocycles. The number of rotatable bonds is 4. The van der Waals surface area contributed by atoms with Crippen LogP contribution in [0.3, 0.4) is 0 Å². The normalized spacial score (nSPS) is 15.5. The Bertz CT molecular complexity index is 1230. The maximum absolute atomic E-state index is 13.6. The SMILES string of the molecule is O=C(O)c1cccc(N2N=C(C(F)(F)F)/C(=C\c3ccc(-c4ccccc4)o3)C2=O)c1. The van der Waals surface area contributed by atoms with Crippen molar-refractivity contribution in [3.05, 3.63) is 83.6 Å². The molecular weight excluding hydrogens is 413 g/mol. The summed E-state index contributed by atoms with van der Waals surface area (Å²) >= 11 is 0. The molecule has 6 nitrogen and oxygen atoms in total. The van der Waals surface area contributed by atoms with Crippen LogP contribution < -0.4 is 5.01 Å². The van der Waals surface area contributed by atoms with Crippen LogP contribution in [0.1, 0.15) is 16.1 Å². The predicted octanol–water partition coefficient (Wildman–Crippen LogP) is 4.99. The summed E-state index contributed by atoms with van der Waals surface area (Å²) in [5.74, 6) is -1.87. The number of anilines is 1. The molecule has 0 fully saturated rings. The van der Waals surface area contributed by atoms with Crippen LogP contribution in [0.15, 0.2) is 81.8 Å². The fourth-order valence-corrected chi connectivity index (χ4v) is 3.03. The van der Waals surface area contributed by atoms with Crippen molar-refractivity contribution < 1.29 is 32.3 Å². The quantitative estimate of drug-likeness (QED) is 0.596. The van der Waals surface area contributed by atoms with Crippen LogP contribution in [0.4, 0.5) is 18.9 Å². The highest BCUT2D eigenvalue weighted by molar-refractivity contribution is 6.34. The van der Waals surface area contributed by atoms with E-state index in [1.807, 2.05) is 6.07 Å². The van der Waals surface area contributed by atoms with Crippen molar-refractivity contribution in [1.29, 1.82) is 0 Å². The van der Waals surface area contributed by atoms with Crippen molar-refractivity contribution in [2.75, 3.05) is 5.01 Å². The molecule has 0 bridgehead atoms. The van der Waals surface area contributed by atoms with Gasteiger partial charge in [-0.25, -0.2) is 4.79 Å². The number of aromatic carboxylic acids is 1. The number of halogens is 3. The van der Waals surface area contributed by atoms with Gasteiger partial charge in [0.15, 0.2) is 5.71 Å². The zero-order valence-corrected chi connectivity index (χ0v) is 15.6. The standard InChI is InChI=1S/C22H13F3N2O4/c23-22(24,25)19-17(12-16-9-10-18(31-16)13-5-2-1-3-6-13)20(28)27(26-19)15-8-4-7-14(11-15)21(29)30/h1-12H,(H,29,30)/b17-12+. The lowest BCUT2D eigenvalue weighted by atomic mass is 10.1. The van der Waals surface area contributed by atoms with E-state index in [0.29, 0.717) is 10.8 Å². The number of amides is 1.